The van der Waals surface area contributed by atoms with Crippen molar-refractivity contribution < 1.29 is 10.2 Å². The van der Waals surface area contributed by atoms with E-state index in [0.29, 0.717) is 6.54 Å². The molecule has 0 amide bonds. The minimum Gasteiger partial charge on any atom is -0.396 e. The monoisotopic (exact) mass is 192 g/mol. The lowest BCUT2D eigenvalue weighted by molar-refractivity contribution is 0.291. The topological polar surface area (TPSA) is 78.5 Å². The van der Waals surface area contributed by atoms with E-state index in [4.69, 9.17) is 15.9 Å². The molecule has 0 aromatic rings. The third-order valence-corrected chi connectivity index (χ3v) is 1.36. The SMILES string of the molecule is CCCCNCCO.NCCCO. The number of nitrogens with two attached hydrogens (primary N) is 1. The van der Waals surface area contributed by atoms with Gasteiger partial charge in [-0.3, -0.25) is 0 Å². The van der Waals surface area contributed by atoms with Gasteiger partial charge in [-0.05, 0) is 25.9 Å². The summed E-state index contributed by atoms with van der Waals surface area (Å²) in [7, 11) is 0. The molecule has 0 fully saturated rings. The normalized spacial score (nSPS) is 9.23. The first-order chi connectivity index (χ1) is 6.33. The lowest BCUT2D eigenvalue weighted by Gasteiger charge is -1.97. The zero-order chi connectivity index (χ0) is 10.4. The smallest absolute Gasteiger partial charge is 0.0555 e. The third kappa shape index (κ3) is 24.5. The number of hydrogen-bond acceptors (Lipinski definition) is 4. The van der Waals surface area contributed by atoms with E-state index in [1.165, 1.54) is 12.8 Å². The van der Waals surface area contributed by atoms with Gasteiger partial charge in [0, 0.05) is 13.2 Å². The Morgan fingerprint density at radius 2 is 1.77 bits per heavy atom. The number of aliphatic hydroxyl groups excluding tert-OH is 2. The number of unbranched alkanes of at least 4 members (excludes halogenated alkanes) is 1. The summed E-state index contributed by atoms with van der Waals surface area (Å²) < 4.78 is 0. The summed E-state index contributed by atoms with van der Waals surface area (Å²) in [5.41, 5.74) is 4.98. The van der Waals surface area contributed by atoms with Crippen LogP contribution in [0.15, 0.2) is 0 Å². The molecule has 0 bridgehead atoms. The van der Waals surface area contributed by atoms with Crippen LogP contribution in [0.4, 0.5) is 0 Å². The summed E-state index contributed by atoms with van der Waals surface area (Å²) in [6.07, 6.45) is 3.15. The maximum Gasteiger partial charge on any atom is 0.0555 e. The average Bonchev–Trinajstić information content (AvgIpc) is 2.15. The van der Waals surface area contributed by atoms with Crippen LogP contribution in [-0.2, 0) is 0 Å². The molecule has 0 radical (unpaired) electrons. The summed E-state index contributed by atoms with van der Waals surface area (Å²) >= 11 is 0. The van der Waals surface area contributed by atoms with Crippen LogP contribution in [0.1, 0.15) is 26.2 Å². The van der Waals surface area contributed by atoms with Crippen LogP contribution in [-0.4, -0.2) is 43.1 Å². The van der Waals surface area contributed by atoms with Crippen molar-refractivity contribution >= 4 is 0 Å². The van der Waals surface area contributed by atoms with Crippen molar-refractivity contribution in [2.75, 3.05) is 32.8 Å². The van der Waals surface area contributed by atoms with Gasteiger partial charge in [0.25, 0.3) is 0 Å². The first-order valence-electron chi connectivity index (χ1n) is 4.95. The molecular weight excluding hydrogens is 168 g/mol. The molecule has 0 aromatic carbocycles. The predicted molar refractivity (Wildman–Crippen MR) is 55.6 cm³/mol. The van der Waals surface area contributed by atoms with Crippen LogP contribution in [0.3, 0.4) is 0 Å². The van der Waals surface area contributed by atoms with Crippen molar-refractivity contribution in [2.45, 2.75) is 26.2 Å². The maximum absolute atomic E-state index is 8.30. The molecule has 0 atom stereocenters. The van der Waals surface area contributed by atoms with Crippen LogP contribution < -0.4 is 11.1 Å². The second kappa shape index (κ2) is 17.8. The molecule has 0 spiro atoms. The Hall–Kier alpha value is -0.160. The van der Waals surface area contributed by atoms with Gasteiger partial charge in [-0.1, -0.05) is 13.3 Å². The van der Waals surface area contributed by atoms with Gasteiger partial charge in [-0.25, -0.2) is 0 Å². The van der Waals surface area contributed by atoms with Gasteiger partial charge >= 0.3 is 0 Å². The number of nitrogens with one attached hydrogen (secondary N) is 1. The van der Waals surface area contributed by atoms with E-state index in [-0.39, 0.29) is 13.2 Å². The molecule has 0 aromatic heterocycles. The van der Waals surface area contributed by atoms with Crippen molar-refractivity contribution in [3.63, 3.8) is 0 Å². The summed E-state index contributed by atoms with van der Waals surface area (Å²) in [6.45, 7) is 4.99. The van der Waals surface area contributed by atoms with Gasteiger partial charge in [0.2, 0.25) is 0 Å². The van der Waals surface area contributed by atoms with Crippen molar-refractivity contribution in [1.29, 1.82) is 0 Å². The second-order valence-corrected chi connectivity index (χ2v) is 2.69. The molecule has 13 heavy (non-hydrogen) atoms. The fourth-order valence-electron chi connectivity index (χ4n) is 0.597. The maximum atomic E-state index is 8.30. The van der Waals surface area contributed by atoms with Gasteiger partial charge < -0.3 is 21.3 Å². The quantitative estimate of drug-likeness (QED) is 0.417. The summed E-state index contributed by atoms with van der Waals surface area (Å²) in [5.74, 6) is 0. The van der Waals surface area contributed by atoms with Gasteiger partial charge in [0.05, 0.1) is 6.61 Å². The second-order valence-electron chi connectivity index (χ2n) is 2.69. The molecule has 0 saturated carbocycles. The fraction of sp³-hybridized carbons (Fsp3) is 1.00. The van der Waals surface area contributed by atoms with Gasteiger partial charge in [-0.15, -0.1) is 0 Å². The zero-order valence-electron chi connectivity index (χ0n) is 8.63. The number of rotatable bonds is 7. The van der Waals surface area contributed by atoms with Crippen LogP contribution in [0, 0.1) is 0 Å². The van der Waals surface area contributed by atoms with E-state index < -0.39 is 0 Å². The summed E-state index contributed by atoms with van der Waals surface area (Å²) in [4.78, 5) is 0. The molecule has 4 heteroatoms. The Bertz CT molecular complexity index is 64.6. The van der Waals surface area contributed by atoms with Crippen molar-refractivity contribution in [1.82, 2.24) is 5.32 Å². The van der Waals surface area contributed by atoms with Gasteiger partial charge in [0.1, 0.15) is 0 Å². The Balaban J connectivity index is 0. The molecule has 0 aliphatic rings. The minimum atomic E-state index is 0.219. The van der Waals surface area contributed by atoms with E-state index in [1.807, 2.05) is 0 Å². The van der Waals surface area contributed by atoms with E-state index in [1.54, 1.807) is 0 Å². The van der Waals surface area contributed by atoms with Gasteiger partial charge in [-0.2, -0.15) is 0 Å². The van der Waals surface area contributed by atoms with Crippen LogP contribution in [0.2, 0.25) is 0 Å². The molecule has 0 saturated heterocycles. The van der Waals surface area contributed by atoms with Crippen LogP contribution in [0.5, 0.6) is 0 Å². The molecule has 4 nitrogen and oxygen atoms in total. The molecule has 82 valence electrons. The first-order valence-corrected chi connectivity index (χ1v) is 4.95. The highest BCUT2D eigenvalue weighted by Gasteiger charge is 1.81. The van der Waals surface area contributed by atoms with Gasteiger partial charge in [0.15, 0.2) is 0 Å². The predicted octanol–water partition coefficient (Wildman–Crippen LogP) is -0.304. The lowest BCUT2D eigenvalue weighted by Crippen LogP contribution is -2.18. The Morgan fingerprint density at radius 1 is 1.08 bits per heavy atom. The van der Waals surface area contributed by atoms with Crippen molar-refractivity contribution in [3.05, 3.63) is 0 Å². The zero-order valence-corrected chi connectivity index (χ0v) is 8.63. The molecule has 0 unspecified atom stereocenters. The van der Waals surface area contributed by atoms with Crippen molar-refractivity contribution in [3.8, 4) is 0 Å². The standard InChI is InChI=1S/C6H15NO.C3H9NO/c1-2-3-4-7-5-6-8;4-2-1-3-5/h7-8H,2-6H2,1H3;5H,1-4H2. The summed E-state index contributed by atoms with van der Waals surface area (Å²) in [5, 5.41) is 19.4. The van der Waals surface area contributed by atoms with E-state index in [9.17, 15) is 0 Å². The van der Waals surface area contributed by atoms with Crippen LogP contribution in [0.25, 0.3) is 0 Å². The first kappa shape index (κ1) is 15.3. The minimum absolute atomic E-state index is 0.219. The lowest BCUT2D eigenvalue weighted by atomic mass is 10.3. The fourth-order valence-corrected chi connectivity index (χ4v) is 0.597. The molecule has 0 aliphatic carbocycles. The largest absolute Gasteiger partial charge is 0.396 e. The van der Waals surface area contributed by atoms with Crippen molar-refractivity contribution in [2.24, 2.45) is 5.73 Å². The molecule has 0 heterocycles. The number of hydrogen-bond donors (Lipinski definition) is 4. The van der Waals surface area contributed by atoms with E-state index in [0.717, 1.165) is 19.5 Å². The molecular formula is C9H24N2O2. The Kier molecular flexibility index (Phi) is 21.0. The highest BCUT2D eigenvalue weighted by atomic mass is 16.3. The average molecular weight is 192 g/mol. The highest BCUT2D eigenvalue weighted by molar-refractivity contribution is 4.43. The van der Waals surface area contributed by atoms with Crippen LogP contribution >= 0.6 is 0 Å². The third-order valence-electron chi connectivity index (χ3n) is 1.36. The Labute approximate surface area is 81.1 Å². The highest BCUT2D eigenvalue weighted by Crippen LogP contribution is 1.80. The van der Waals surface area contributed by atoms with E-state index in [2.05, 4.69) is 12.2 Å². The molecule has 5 N–H and O–H groups in total. The van der Waals surface area contributed by atoms with E-state index >= 15 is 0 Å². The Morgan fingerprint density at radius 3 is 2.08 bits per heavy atom. The molecule has 0 aliphatic heterocycles. The number of aliphatic hydroxyl groups is 2. The summed E-state index contributed by atoms with van der Waals surface area (Å²) in [6, 6.07) is 0. The molecule has 0 rings (SSSR count).